The lowest BCUT2D eigenvalue weighted by atomic mass is 10.3. The Morgan fingerprint density at radius 2 is 1.64 bits per heavy atom. The van der Waals surface area contributed by atoms with Crippen LogP contribution in [-0.2, 0) is 14.8 Å². The largest absolute Gasteiger partial charge is 0.497 e. The van der Waals surface area contributed by atoms with E-state index in [0.29, 0.717) is 30.3 Å². The Kier molecular flexibility index (Phi) is 7.42. The van der Waals surface area contributed by atoms with Gasteiger partial charge < -0.3 is 14.4 Å². The second-order valence-electron chi connectivity index (χ2n) is 6.00. The fourth-order valence-corrected chi connectivity index (χ4v) is 4.08. The average molecular weight is 407 g/mol. The molecule has 0 saturated heterocycles. The highest BCUT2D eigenvalue weighted by Gasteiger charge is 2.21. The molecule has 0 N–H and O–H groups in total. The van der Waals surface area contributed by atoms with Crippen LogP contribution in [0.1, 0.15) is 13.8 Å². The molecule has 7 nitrogen and oxygen atoms in total. The minimum atomic E-state index is -3.51. The molecule has 1 amide bonds. The highest BCUT2D eigenvalue weighted by molar-refractivity contribution is 7.89. The lowest BCUT2D eigenvalue weighted by Gasteiger charge is -2.19. The molecule has 0 atom stereocenters. The number of amides is 1. The predicted molar refractivity (Wildman–Crippen MR) is 108 cm³/mol. The van der Waals surface area contributed by atoms with Gasteiger partial charge in [0.15, 0.2) is 6.61 Å². The third-order valence-electron chi connectivity index (χ3n) is 4.34. The number of ether oxygens (including phenoxy) is 2. The molecule has 2 aromatic rings. The highest BCUT2D eigenvalue weighted by atomic mass is 32.2. The number of hydrogen-bond acceptors (Lipinski definition) is 5. The summed E-state index contributed by atoms with van der Waals surface area (Å²) < 4.78 is 37.0. The summed E-state index contributed by atoms with van der Waals surface area (Å²) in [6, 6.07) is 13.2. The number of benzene rings is 2. The first-order valence-corrected chi connectivity index (χ1v) is 10.4. The molecular weight excluding hydrogens is 380 g/mol. The van der Waals surface area contributed by atoms with E-state index in [4.69, 9.17) is 9.47 Å². The van der Waals surface area contributed by atoms with Gasteiger partial charge in [-0.05, 0) is 36.4 Å². The molecular formula is C20H26N2O5S. The number of anilines is 1. The number of methoxy groups -OCH3 is 1. The number of likely N-dealkylation sites (N-methyl/N-ethyl adjacent to an activating group) is 1. The van der Waals surface area contributed by atoms with Crippen molar-refractivity contribution in [1.82, 2.24) is 4.31 Å². The van der Waals surface area contributed by atoms with Crippen LogP contribution in [0.2, 0.25) is 0 Å². The number of carbonyl (C=O) groups is 1. The first kappa shape index (κ1) is 21.7. The molecule has 2 aromatic carbocycles. The Labute approximate surface area is 166 Å². The van der Waals surface area contributed by atoms with Crippen molar-refractivity contribution >= 4 is 21.6 Å². The van der Waals surface area contributed by atoms with Crippen LogP contribution in [0.15, 0.2) is 53.4 Å². The zero-order chi connectivity index (χ0) is 20.7. The minimum absolute atomic E-state index is 0.171. The summed E-state index contributed by atoms with van der Waals surface area (Å²) in [7, 11) is -0.298. The van der Waals surface area contributed by atoms with Crippen molar-refractivity contribution in [1.29, 1.82) is 0 Å². The van der Waals surface area contributed by atoms with E-state index < -0.39 is 10.0 Å². The topological polar surface area (TPSA) is 76.2 Å². The highest BCUT2D eigenvalue weighted by Crippen LogP contribution is 2.21. The molecule has 0 fully saturated rings. The molecule has 0 aliphatic heterocycles. The Hall–Kier alpha value is -2.58. The molecule has 152 valence electrons. The van der Waals surface area contributed by atoms with Gasteiger partial charge in [-0.15, -0.1) is 0 Å². The van der Waals surface area contributed by atoms with Crippen molar-refractivity contribution in [3.63, 3.8) is 0 Å². The van der Waals surface area contributed by atoms with Gasteiger partial charge in [-0.25, -0.2) is 8.42 Å². The number of rotatable bonds is 9. The second-order valence-corrected chi connectivity index (χ2v) is 7.94. The van der Waals surface area contributed by atoms with Crippen LogP contribution >= 0.6 is 0 Å². The van der Waals surface area contributed by atoms with E-state index in [0.717, 1.165) is 0 Å². The van der Waals surface area contributed by atoms with Crippen LogP contribution in [0, 0.1) is 0 Å². The van der Waals surface area contributed by atoms with Crippen molar-refractivity contribution in [2.24, 2.45) is 0 Å². The lowest BCUT2D eigenvalue weighted by Crippen LogP contribution is -2.31. The first-order valence-electron chi connectivity index (χ1n) is 8.97. The zero-order valence-electron chi connectivity index (χ0n) is 16.6. The van der Waals surface area contributed by atoms with Crippen LogP contribution < -0.4 is 14.4 Å². The molecule has 0 saturated carbocycles. The van der Waals surface area contributed by atoms with Gasteiger partial charge in [0, 0.05) is 31.9 Å². The molecule has 0 aliphatic carbocycles. The molecule has 0 heterocycles. The van der Waals surface area contributed by atoms with Crippen LogP contribution in [0.5, 0.6) is 11.5 Å². The fourth-order valence-electron chi connectivity index (χ4n) is 2.63. The van der Waals surface area contributed by atoms with E-state index in [-0.39, 0.29) is 17.4 Å². The summed E-state index contributed by atoms with van der Waals surface area (Å²) >= 11 is 0. The zero-order valence-corrected chi connectivity index (χ0v) is 17.4. The van der Waals surface area contributed by atoms with Gasteiger partial charge in [-0.1, -0.05) is 19.9 Å². The van der Waals surface area contributed by atoms with Gasteiger partial charge in [-0.3, -0.25) is 4.79 Å². The van der Waals surface area contributed by atoms with Gasteiger partial charge in [0.05, 0.1) is 12.0 Å². The fraction of sp³-hybridized carbons (Fsp3) is 0.350. The third-order valence-corrected chi connectivity index (χ3v) is 6.41. The number of hydrogen-bond donors (Lipinski definition) is 0. The second kappa shape index (κ2) is 9.57. The van der Waals surface area contributed by atoms with Gasteiger partial charge in [0.2, 0.25) is 10.0 Å². The Morgan fingerprint density at radius 3 is 2.21 bits per heavy atom. The summed E-state index contributed by atoms with van der Waals surface area (Å²) in [5.74, 6) is 0.835. The Balaban J connectivity index is 2.02. The maximum absolute atomic E-state index is 12.5. The van der Waals surface area contributed by atoms with Crippen LogP contribution in [-0.4, -0.2) is 52.5 Å². The van der Waals surface area contributed by atoms with Gasteiger partial charge >= 0.3 is 0 Å². The normalized spacial score (nSPS) is 11.3. The summed E-state index contributed by atoms with van der Waals surface area (Å²) in [6.07, 6.45) is 0. The molecule has 28 heavy (non-hydrogen) atoms. The van der Waals surface area contributed by atoms with Crippen molar-refractivity contribution in [3.8, 4) is 11.5 Å². The predicted octanol–water partition coefficient (Wildman–Crippen LogP) is 2.77. The Morgan fingerprint density at radius 1 is 1.00 bits per heavy atom. The maximum atomic E-state index is 12.5. The number of sulfonamides is 1. The van der Waals surface area contributed by atoms with Crippen molar-refractivity contribution in [2.45, 2.75) is 18.7 Å². The van der Waals surface area contributed by atoms with Gasteiger partial charge in [-0.2, -0.15) is 4.31 Å². The number of nitrogens with zero attached hydrogens (tertiary/aromatic N) is 2. The van der Waals surface area contributed by atoms with E-state index in [1.807, 2.05) is 0 Å². The van der Waals surface area contributed by atoms with E-state index in [9.17, 15) is 13.2 Å². The summed E-state index contributed by atoms with van der Waals surface area (Å²) in [5, 5.41) is 0. The molecule has 0 aliphatic rings. The van der Waals surface area contributed by atoms with E-state index in [1.165, 1.54) is 21.3 Å². The van der Waals surface area contributed by atoms with Crippen LogP contribution in [0.25, 0.3) is 0 Å². The Bertz CT molecular complexity index is 893. The molecule has 0 radical (unpaired) electrons. The van der Waals surface area contributed by atoms with Crippen molar-refractivity contribution in [3.05, 3.63) is 48.5 Å². The average Bonchev–Trinajstić information content (AvgIpc) is 2.72. The molecule has 8 heteroatoms. The van der Waals surface area contributed by atoms with Crippen LogP contribution in [0.4, 0.5) is 5.69 Å². The smallest absolute Gasteiger partial charge is 0.264 e. The van der Waals surface area contributed by atoms with Crippen LogP contribution in [0.3, 0.4) is 0 Å². The van der Waals surface area contributed by atoms with Gasteiger partial charge in [0.1, 0.15) is 11.5 Å². The van der Waals surface area contributed by atoms with E-state index in [2.05, 4.69) is 0 Å². The molecule has 0 unspecified atom stereocenters. The molecule has 2 rings (SSSR count). The number of carbonyl (C=O) groups excluding carboxylic acids is 1. The van der Waals surface area contributed by atoms with Gasteiger partial charge in [0.25, 0.3) is 5.91 Å². The summed E-state index contributed by atoms with van der Waals surface area (Å²) in [6.45, 7) is 4.23. The van der Waals surface area contributed by atoms with Crippen molar-refractivity contribution in [2.75, 3.05) is 38.8 Å². The lowest BCUT2D eigenvalue weighted by molar-refractivity contribution is -0.120. The SMILES string of the molecule is CCN(CC)S(=O)(=O)c1ccc(OCC(=O)N(C)c2cccc(OC)c2)cc1. The van der Waals surface area contributed by atoms with E-state index in [1.54, 1.807) is 64.4 Å². The standard InChI is InChI=1S/C20H26N2O5S/c1-5-22(6-2)28(24,25)19-12-10-17(11-13-19)27-15-20(23)21(3)16-8-7-9-18(14-16)26-4/h7-14H,5-6,15H2,1-4H3. The molecule has 0 bridgehead atoms. The maximum Gasteiger partial charge on any atom is 0.264 e. The summed E-state index contributed by atoms with van der Waals surface area (Å²) in [4.78, 5) is 14.0. The monoisotopic (exact) mass is 406 g/mol. The first-order chi connectivity index (χ1) is 13.3. The quantitative estimate of drug-likeness (QED) is 0.640. The molecule has 0 aromatic heterocycles. The van der Waals surface area contributed by atoms with Crippen molar-refractivity contribution < 1.29 is 22.7 Å². The molecule has 0 spiro atoms. The minimum Gasteiger partial charge on any atom is -0.497 e. The summed E-state index contributed by atoms with van der Waals surface area (Å²) in [5.41, 5.74) is 0.689. The van der Waals surface area contributed by atoms with E-state index >= 15 is 0 Å². The third kappa shape index (κ3) is 5.02.